The van der Waals surface area contributed by atoms with E-state index in [1.807, 2.05) is 30.3 Å². The Kier molecular flexibility index (Phi) is 6.45. The number of benzene rings is 2. The maximum Gasteiger partial charge on any atom is 0.268 e. The molecule has 158 valence electrons. The summed E-state index contributed by atoms with van der Waals surface area (Å²) in [5, 5.41) is 13.1. The van der Waals surface area contributed by atoms with Crippen LogP contribution in [0.4, 0.5) is 9.52 Å². The van der Waals surface area contributed by atoms with Gasteiger partial charge >= 0.3 is 0 Å². The Morgan fingerprint density at radius 3 is 2.62 bits per heavy atom. The van der Waals surface area contributed by atoms with E-state index in [-0.39, 0.29) is 11.4 Å². The van der Waals surface area contributed by atoms with Crippen LogP contribution in [0.1, 0.15) is 16.2 Å². The van der Waals surface area contributed by atoms with Crippen LogP contribution in [0.2, 0.25) is 5.02 Å². The molecule has 2 aromatic carbocycles. The van der Waals surface area contributed by atoms with E-state index in [4.69, 9.17) is 16.0 Å². The summed E-state index contributed by atoms with van der Waals surface area (Å²) in [5.74, 6) is -0.0960. The molecule has 0 aliphatic heterocycles. The van der Waals surface area contributed by atoms with Crippen molar-refractivity contribution in [2.45, 2.75) is 6.42 Å². The number of rotatable bonds is 6. The van der Waals surface area contributed by atoms with Gasteiger partial charge in [-0.25, -0.2) is 9.37 Å². The molecule has 0 aliphatic carbocycles. The van der Waals surface area contributed by atoms with Crippen molar-refractivity contribution in [1.82, 2.24) is 4.98 Å². The molecule has 4 aromatic rings. The van der Waals surface area contributed by atoms with Gasteiger partial charge in [-0.2, -0.15) is 5.26 Å². The number of carbonyl (C=O) groups excluding carboxylic acids is 1. The largest absolute Gasteiger partial charge is 0.457 e. The molecule has 0 spiro atoms. The molecule has 0 bridgehead atoms. The third kappa shape index (κ3) is 5.30. The Balaban J connectivity index is 1.44. The van der Waals surface area contributed by atoms with Gasteiger partial charge in [0, 0.05) is 34.2 Å². The van der Waals surface area contributed by atoms with Crippen molar-refractivity contribution in [2.75, 3.05) is 5.32 Å². The molecule has 1 amide bonds. The highest BCUT2D eigenvalue weighted by Gasteiger charge is 2.14. The summed E-state index contributed by atoms with van der Waals surface area (Å²) in [6.45, 7) is 0. The zero-order chi connectivity index (χ0) is 22.5. The van der Waals surface area contributed by atoms with E-state index >= 15 is 0 Å². The smallest absolute Gasteiger partial charge is 0.268 e. The van der Waals surface area contributed by atoms with Crippen molar-refractivity contribution in [3.05, 3.63) is 99.5 Å². The second kappa shape index (κ2) is 9.60. The zero-order valence-corrected chi connectivity index (χ0v) is 18.1. The van der Waals surface area contributed by atoms with Gasteiger partial charge in [-0.15, -0.1) is 11.3 Å². The third-order valence-electron chi connectivity index (χ3n) is 4.47. The molecule has 2 aromatic heterocycles. The van der Waals surface area contributed by atoms with Gasteiger partial charge < -0.3 is 4.42 Å². The highest BCUT2D eigenvalue weighted by atomic mass is 35.5. The number of anilines is 1. The summed E-state index contributed by atoms with van der Waals surface area (Å²) in [5.41, 5.74) is 1.63. The second-order valence-corrected chi connectivity index (χ2v) is 8.32. The number of carbonyl (C=O) groups is 1. The molecule has 2 heterocycles. The first-order valence-electron chi connectivity index (χ1n) is 9.48. The molecule has 0 atom stereocenters. The minimum Gasteiger partial charge on any atom is -0.457 e. The number of nitrogens with one attached hydrogen (secondary N) is 1. The number of furan rings is 1. The number of thiazole rings is 1. The predicted octanol–water partition coefficient (Wildman–Crippen LogP) is 6.33. The summed E-state index contributed by atoms with van der Waals surface area (Å²) >= 11 is 7.24. The Morgan fingerprint density at radius 2 is 1.91 bits per heavy atom. The van der Waals surface area contributed by atoms with Gasteiger partial charge in [-0.1, -0.05) is 23.7 Å². The lowest BCUT2D eigenvalue weighted by atomic mass is 10.1. The lowest BCUT2D eigenvalue weighted by Crippen LogP contribution is -2.13. The predicted molar refractivity (Wildman–Crippen MR) is 123 cm³/mol. The standard InChI is InChI=1S/C24H15ClFN3O2S/c25-18-5-1-15(2-6-18)11-21-14-28-24(32-21)29-23(30)17(13-27)12-20-9-10-22(31-20)16-3-7-19(26)8-4-16/h1-10,12,14H,11H2,(H,28,29,30)/b17-12+. The van der Waals surface area contributed by atoms with Crippen molar-refractivity contribution in [1.29, 1.82) is 5.26 Å². The summed E-state index contributed by atoms with van der Waals surface area (Å²) in [7, 11) is 0. The van der Waals surface area contributed by atoms with Crippen molar-refractivity contribution in [3.8, 4) is 17.4 Å². The molecular formula is C24H15ClFN3O2S. The zero-order valence-electron chi connectivity index (χ0n) is 16.5. The van der Waals surface area contributed by atoms with E-state index < -0.39 is 5.91 Å². The Labute approximate surface area is 192 Å². The van der Waals surface area contributed by atoms with Crippen LogP contribution >= 0.6 is 22.9 Å². The average Bonchev–Trinajstić information content (AvgIpc) is 3.43. The van der Waals surface area contributed by atoms with Crippen molar-refractivity contribution < 1.29 is 13.6 Å². The highest BCUT2D eigenvalue weighted by molar-refractivity contribution is 7.15. The van der Waals surface area contributed by atoms with Crippen molar-refractivity contribution >= 4 is 40.1 Å². The lowest BCUT2D eigenvalue weighted by Gasteiger charge is -2.00. The van der Waals surface area contributed by atoms with E-state index in [1.54, 1.807) is 30.5 Å². The van der Waals surface area contributed by atoms with Crippen LogP contribution in [0.25, 0.3) is 17.4 Å². The summed E-state index contributed by atoms with van der Waals surface area (Å²) in [4.78, 5) is 17.7. The fraction of sp³-hybridized carbons (Fsp3) is 0.0417. The number of halogens is 2. The van der Waals surface area contributed by atoms with Crippen LogP contribution in [0, 0.1) is 17.1 Å². The molecule has 0 unspecified atom stereocenters. The lowest BCUT2D eigenvalue weighted by molar-refractivity contribution is -0.112. The fourth-order valence-electron chi connectivity index (χ4n) is 2.91. The number of hydrogen-bond acceptors (Lipinski definition) is 5. The Hall–Kier alpha value is -3.73. The SMILES string of the molecule is N#C/C(=C\c1ccc(-c2ccc(F)cc2)o1)C(=O)Nc1ncc(Cc2ccc(Cl)cc2)s1. The monoisotopic (exact) mass is 463 g/mol. The summed E-state index contributed by atoms with van der Waals surface area (Å²) < 4.78 is 18.8. The minimum absolute atomic E-state index is 0.126. The fourth-order valence-corrected chi connectivity index (χ4v) is 3.87. The van der Waals surface area contributed by atoms with Gasteiger partial charge in [-0.05, 0) is 54.1 Å². The van der Waals surface area contributed by atoms with E-state index in [1.165, 1.54) is 29.5 Å². The summed E-state index contributed by atoms with van der Waals surface area (Å²) in [6, 6.07) is 18.5. The molecule has 5 nitrogen and oxygen atoms in total. The van der Waals surface area contributed by atoms with Crippen molar-refractivity contribution in [3.63, 3.8) is 0 Å². The van der Waals surface area contributed by atoms with Crippen LogP contribution in [0.15, 0.2) is 76.9 Å². The Morgan fingerprint density at radius 1 is 1.16 bits per heavy atom. The van der Waals surface area contributed by atoms with E-state index in [2.05, 4.69) is 10.3 Å². The number of amides is 1. The molecule has 0 saturated heterocycles. The first kappa shape index (κ1) is 21.5. The van der Waals surface area contributed by atoms with Gasteiger partial charge in [0.05, 0.1) is 0 Å². The normalized spacial score (nSPS) is 11.2. The van der Waals surface area contributed by atoms with Crippen LogP contribution in [0.5, 0.6) is 0 Å². The third-order valence-corrected chi connectivity index (χ3v) is 5.64. The second-order valence-electron chi connectivity index (χ2n) is 6.77. The van der Waals surface area contributed by atoms with Gasteiger partial charge in [0.25, 0.3) is 5.91 Å². The quantitative estimate of drug-likeness (QED) is 0.267. The van der Waals surface area contributed by atoms with Crippen LogP contribution in [-0.4, -0.2) is 10.9 Å². The molecule has 0 fully saturated rings. The van der Waals surface area contributed by atoms with Crippen LogP contribution < -0.4 is 5.32 Å². The van der Waals surface area contributed by atoms with Crippen LogP contribution in [-0.2, 0) is 11.2 Å². The molecule has 1 N–H and O–H groups in total. The van der Waals surface area contributed by atoms with E-state index in [0.29, 0.717) is 33.7 Å². The first-order chi connectivity index (χ1) is 15.5. The molecule has 8 heteroatoms. The number of nitriles is 1. The topological polar surface area (TPSA) is 78.9 Å². The average molecular weight is 464 g/mol. The molecule has 4 rings (SSSR count). The van der Waals surface area contributed by atoms with Gasteiger partial charge in [0.2, 0.25) is 0 Å². The van der Waals surface area contributed by atoms with E-state index in [9.17, 15) is 14.4 Å². The van der Waals surface area contributed by atoms with Crippen molar-refractivity contribution in [2.24, 2.45) is 0 Å². The number of nitrogens with zero attached hydrogens (tertiary/aromatic N) is 2. The highest BCUT2D eigenvalue weighted by Crippen LogP contribution is 2.25. The maximum atomic E-state index is 13.1. The molecule has 0 radical (unpaired) electrons. The molecule has 0 aliphatic rings. The van der Waals surface area contributed by atoms with Gasteiger partial charge in [0.15, 0.2) is 5.13 Å². The van der Waals surface area contributed by atoms with Crippen LogP contribution in [0.3, 0.4) is 0 Å². The minimum atomic E-state index is -0.584. The molecule has 0 saturated carbocycles. The maximum absolute atomic E-state index is 13.1. The first-order valence-corrected chi connectivity index (χ1v) is 10.7. The Bertz CT molecular complexity index is 1320. The number of aromatic nitrogens is 1. The molecule has 32 heavy (non-hydrogen) atoms. The van der Waals surface area contributed by atoms with Gasteiger partial charge in [0.1, 0.15) is 29.0 Å². The molecular weight excluding hydrogens is 449 g/mol. The number of hydrogen-bond donors (Lipinski definition) is 1. The summed E-state index contributed by atoms with van der Waals surface area (Å²) in [6.07, 6.45) is 3.70. The van der Waals surface area contributed by atoms with E-state index in [0.717, 1.165) is 10.4 Å². The van der Waals surface area contributed by atoms with Gasteiger partial charge in [-0.3, -0.25) is 10.1 Å².